The molecule has 3 atom stereocenters. The van der Waals surface area contributed by atoms with Crippen LogP contribution in [0.4, 0.5) is 5.69 Å². The van der Waals surface area contributed by atoms with E-state index in [0.29, 0.717) is 29.3 Å². The van der Waals surface area contributed by atoms with E-state index in [1.807, 2.05) is 32.0 Å². The average molecular weight is 506 g/mol. The highest BCUT2D eigenvalue weighted by atomic mass is 32.2. The van der Waals surface area contributed by atoms with Gasteiger partial charge in [-0.15, -0.1) is 0 Å². The molecule has 192 valence electrons. The van der Waals surface area contributed by atoms with Gasteiger partial charge < -0.3 is 24.4 Å². The highest BCUT2D eigenvalue weighted by Crippen LogP contribution is 2.36. The first-order chi connectivity index (χ1) is 16.5. The summed E-state index contributed by atoms with van der Waals surface area (Å²) in [5, 5.41) is 9.80. The third-order valence-electron chi connectivity index (χ3n) is 6.36. The van der Waals surface area contributed by atoms with E-state index < -0.39 is 22.2 Å². The number of anilines is 1. The summed E-state index contributed by atoms with van der Waals surface area (Å²) in [5.41, 5.74) is 1.10. The van der Waals surface area contributed by atoms with Crippen molar-refractivity contribution in [2.75, 3.05) is 52.8 Å². The lowest BCUT2D eigenvalue weighted by Crippen LogP contribution is -2.50. The van der Waals surface area contributed by atoms with Crippen LogP contribution in [-0.4, -0.2) is 88.7 Å². The van der Waals surface area contributed by atoms with Crippen molar-refractivity contribution < 1.29 is 27.8 Å². The highest BCUT2D eigenvalue weighted by molar-refractivity contribution is 7.89. The number of carbonyl (C=O) groups is 1. The quantitative estimate of drug-likeness (QED) is 0.588. The summed E-state index contributed by atoms with van der Waals surface area (Å²) in [6.07, 6.45) is -0.547. The molecule has 1 heterocycles. The van der Waals surface area contributed by atoms with Crippen molar-refractivity contribution in [3.8, 4) is 11.5 Å². The molecule has 9 nitrogen and oxygen atoms in total. The number of rotatable bonds is 8. The Labute approximate surface area is 207 Å². The third kappa shape index (κ3) is 5.55. The molecular formula is C25H35N3O6S. The lowest BCUT2D eigenvalue weighted by Gasteiger charge is -2.38. The zero-order chi connectivity index (χ0) is 25.9. The first-order valence-corrected chi connectivity index (χ1v) is 12.9. The molecule has 0 aromatic heterocycles. The van der Waals surface area contributed by atoms with Crippen LogP contribution < -0.4 is 14.4 Å². The Kier molecular flexibility index (Phi) is 8.30. The lowest BCUT2D eigenvalue weighted by molar-refractivity contribution is 0.0388. The summed E-state index contributed by atoms with van der Waals surface area (Å²) in [6.45, 7) is 3.92. The molecule has 0 radical (unpaired) electrons. The van der Waals surface area contributed by atoms with Crippen LogP contribution in [0.5, 0.6) is 11.5 Å². The van der Waals surface area contributed by atoms with E-state index in [2.05, 4.69) is 0 Å². The van der Waals surface area contributed by atoms with Gasteiger partial charge in [0.1, 0.15) is 11.9 Å². The van der Waals surface area contributed by atoms with Gasteiger partial charge in [-0.25, -0.2) is 8.42 Å². The van der Waals surface area contributed by atoms with Gasteiger partial charge in [0.15, 0.2) is 5.75 Å². The molecule has 35 heavy (non-hydrogen) atoms. The van der Waals surface area contributed by atoms with Crippen LogP contribution in [-0.2, 0) is 10.0 Å². The normalized spacial score (nSPS) is 19.4. The molecule has 1 aliphatic heterocycles. The average Bonchev–Trinajstić information content (AvgIpc) is 2.84. The molecule has 1 aliphatic rings. The second-order valence-electron chi connectivity index (χ2n) is 9.13. The number of aliphatic hydroxyl groups is 1. The molecule has 10 heteroatoms. The maximum atomic E-state index is 13.4. The summed E-state index contributed by atoms with van der Waals surface area (Å²) in [4.78, 5) is 17.1. The van der Waals surface area contributed by atoms with Gasteiger partial charge in [0.2, 0.25) is 10.0 Å². The Morgan fingerprint density at radius 1 is 1.17 bits per heavy atom. The summed E-state index contributed by atoms with van der Waals surface area (Å²) in [7, 11) is 2.96. The van der Waals surface area contributed by atoms with Crippen LogP contribution in [0.1, 0.15) is 24.2 Å². The monoisotopic (exact) mass is 505 g/mol. The number of para-hydroxylation sites is 1. The first kappa shape index (κ1) is 26.8. The molecule has 2 aromatic rings. The van der Waals surface area contributed by atoms with Crippen LogP contribution >= 0.6 is 0 Å². The SMILES string of the molecule is COc1ccc(S(=O)(=O)N(C)C[C@@H]2Oc3c(cccc3N(C)C)C(=O)N([C@H](C)CO)C[C@@H]2C)cc1. The zero-order valence-corrected chi connectivity index (χ0v) is 21.9. The van der Waals surface area contributed by atoms with Gasteiger partial charge in [-0.2, -0.15) is 4.31 Å². The van der Waals surface area contributed by atoms with E-state index in [0.717, 1.165) is 0 Å². The van der Waals surface area contributed by atoms with Gasteiger partial charge in [-0.3, -0.25) is 4.79 Å². The van der Waals surface area contributed by atoms with Crippen molar-refractivity contribution in [1.82, 2.24) is 9.21 Å². The topological polar surface area (TPSA) is 99.6 Å². The minimum absolute atomic E-state index is 0.0757. The van der Waals surface area contributed by atoms with Gasteiger partial charge in [-0.05, 0) is 43.3 Å². The highest BCUT2D eigenvalue weighted by Gasteiger charge is 2.36. The van der Waals surface area contributed by atoms with Crippen molar-refractivity contribution in [3.05, 3.63) is 48.0 Å². The number of hydrogen-bond donors (Lipinski definition) is 1. The van der Waals surface area contributed by atoms with Crippen LogP contribution in [0.25, 0.3) is 0 Å². The van der Waals surface area contributed by atoms with Gasteiger partial charge in [-0.1, -0.05) is 13.0 Å². The maximum absolute atomic E-state index is 13.4. The zero-order valence-electron chi connectivity index (χ0n) is 21.1. The Hall–Kier alpha value is -2.82. The minimum atomic E-state index is -3.79. The van der Waals surface area contributed by atoms with E-state index in [9.17, 15) is 18.3 Å². The van der Waals surface area contributed by atoms with E-state index >= 15 is 0 Å². The Balaban J connectivity index is 2.00. The van der Waals surface area contributed by atoms with E-state index in [-0.39, 0.29) is 29.9 Å². The smallest absolute Gasteiger partial charge is 0.258 e. The van der Waals surface area contributed by atoms with E-state index in [4.69, 9.17) is 9.47 Å². The van der Waals surface area contributed by atoms with Gasteiger partial charge in [0.25, 0.3) is 5.91 Å². The predicted octanol–water partition coefficient (Wildman–Crippen LogP) is 2.30. The Morgan fingerprint density at radius 2 is 1.83 bits per heavy atom. The van der Waals surface area contributed by atoms with E-state index in [1.165, 1.54) is 30.6 Å². The second kappa shape index (κ2) is 10.8. The number of aliphatic hydroxyl groups excluding tert-OH is 1. The Bertz CT molecular complexity index is 1140. The molecule has 1 amide bonds. The number of benzene rings is 2. The molecule has 0 fully saturated rings. The molecule has 0 aliphatic carbocycles. The number of carbonyl (C=O) groups excluding carboxylic acids is 1. The fourth-order valence-electron chi connectivity index (χ4n) is 4.08. The molecule has 2 aromatic carbocycles. The second-order valence-corrected chi connectivity index (χ2v) is 11.2. The minimum Gasteiger partial charge on any atom is -0.497 e. The molecular weight excluding hydrogens is 470 g/mol. The molecule has 0 saturated heterocycles. The van der Waals surface area contributed by atoms with Crippen molar-refractivity contribution in [1.29, 1.82) is 0 Å². The number of fused-ring (bicyclic) bond motifs is 1. The molecule has 1 N–H and O–H groups in total. The maximum Gasteiger partial charge on any atom is 0.258 e. The predicted molar refractivity (Wildman–Crippen MR) is 135 cm³/mol. The number of sulfonamides is 1. The summed E-state index contributed by atoms with van der Waals surface area (Å²) < 4.78 is 39.4. The van der Waals surface area contributed by atoms with Crippen LogP contribution in [0, 0.1) is 5.92 Å². The lowest BCUT2D eigenvalue weighted by atomic mass is 9.99. The number of methoxy groups -OCH3 is 1. The van der Waals surface area contributed by atoms with Crippen molar-refractivity contribution in [2.45, 2.75) is 30.9 Å². The number of nitrogens with zero attached hydrogens (tertiary/aromatic N) is 3. The number of hydrogen-bond acceptors (Lipinski definition) is 7. The first-order valence-electron chi connectivity index (χ1n) is 11.5. The van der Waals surface area contributed by atoms with E-state index in [1.54, 1.807) is 36.1 Å². The van der Waals surface area contributed by atoms with Gasteiger partial charge in [0.05, 0.1) is 42.4 Å². The van der Waals surface area contributed by atoms with Crippen LogP contribution in [0.2, 0.25) is 0 Å². The molecule has 0 unspecified atom stereocenters. The molecule has 0 spiro atoms. The molecule has 0 bridgehead atoms. The number of amides is 1. The Morgan fingerprint density at radius 3 is 2.40 bits per heavy atom. The largest absolute Gasteiger partial charge is 0.497 e. The summed E-state index contributed by atoms with van der Waals surface area (Å²) >= 11 is 0. The van der Waals surface area contributed by atoms with Crippen molar-refractivity contribution >= 4 is 21.6 Å². The number of likely N-dealkylation sites (N-methyl/N-ethyl adjacent to an activating group) is 1. The fourth-order valence-corrected chi connectivity index (χ4v) is 5.26. The van der Waals surface area contributed by atoms with Crippen molar-refractivity contribution in [2.24, 2.45) is 5.92 Å². The molecule has 0 saturated carbocycles. The summed E-state index contributed by atoms with van der Waals surface area (Å²) in [5.74, 6) is 0.531. The van der Waals surface area contributed by atoms with Crippen LogP contribution in [0.15, 0.2) is 47.4 Å². The fraction of sp³-hybridized carbons (Fsp3) is 0.480. The number of ether oxygens (including phenoxy) is 2. The van der Waals surface area contributed by atoms with Gasteiger partial charge in [0, 0.05) is 33.6 Å². The standard InChI is InChI=1S/C25H35N3O6S/c1-17-14-28(18(2)16-29)25(30)21-8-7-9-22(26(3)4)24(21)34-23(17)15-27(5)35(31,32)20-12-10-19(33-6)11-13-20/h7-13,17-18,23,29H,14-16H2,1-6H3/t17-,18+,23-/m0/s1. The third-order valence-corrected chi connectivity index (χ3v) is 8.19. The molecule has 3 rings (SSSR count). The van der Waals surface area contributed by atoms with Crippen LogP contribution in [0.3, 0.4) is 0 Å². The summed E-state index contributed by atoms with van der Waals surface area (Å²) in [6, 6.07) is 11.2. The van der Waals surface area contributed by atoms with Gasteiger partial charge >= 0.3 is 0 Å². The van der Waals surface area contributed by atoms with Crippen molar-refractivity contribution in [3.63, 3.8) is 0 Å².